The van der Waals surface area contributed by atoms with Gasteiger partial charge in [0.2, 0.25) is 0 Å². The molecular formula is C12H18ClNO3. The Morgan fingerprint density at radius 3 is 2.88 bits per heavy atom. The number of aryl methyl sites for hydroxylation is 1. The molecule has 3 N–H and O–H groups in total. The van der Waals surface area contributed by atoms with Gasteiger partial charge in [-0.2, -0.15) is 0 Å². The van der Waals surface area contributed by atoms with Gasteiger partial charge in [0.15, 0.2) is 0 Å². The summed E-state index contributed by atoms with van der Waals surface area (Å²) in [7, 11) is 0. The van der Waals surface area contributed by atoms with Gasteiger partial charge in [-0.15, -0.1) is 0 Å². The first-order valence-electron chi connectivity index (χ1n) is 5.52. The molecule has 96 valence electrons. The van der Waals surface area contributed by atoms with Gasteiger partial charge < -0.3 is 20.3 Å². The number of hydrogen-bond acceptors (Lipinski definition) is 4. The van der Waals surface area contributed by atoms with Crippen LogP contribution in [0.3, 0.4) is 0 Å². The summed E-state index contributed by atoms with van der Waals surface area (Å²) in [5, 5.41) is 21.7. The van der Waals surface area contributed by atoms with Crippen molar-refractivity contribution in [3.63, 3.8) is 0 Å². The van der Waals surface area contributed by atoms with Gasteiger partial charge in [-0.25, -0.2) is 0 Å². The van der Waals surface area contributed by atoms with Gasteiger partial charge >= 0.3 is 0 Å². The summed E-state index contributed by atoms with van der Waals surface area (Å²) >= 11 is 5.89. The first-order chi connectivity index (χ1) is 8.13. The average Bonchev–Trinajstić information content (AvgIpc) is 2.31. The predicted molar refractivity (Wildman–Crippen MR) is 67.6 cm³/mol. The smallest absolute Gasteiger partial charge is 0.119 e. The fourth-order valence-corrected chi connectivity index (χ4v) is 1.42. The van der Waals surface area contributed by atoms with Crippen molar-refractivity contribution in [2.45, 2.75) is 13.0 Å². The molecule has 4 nitrogen and oxygen atoms in total. The van der Waals surface area contributed by atoms with Crippen molar-refractivity contribution in [3.05, 3.63) is 28.8 Å². The van der Waals surface area contributed by atoms with Crippen LogP contribution in [0.25, 0.3) is 0 Å². The molecule has 0 saturated heterocycles. The van der Waals surface area contributed by atoms with E-state index in [1.54, 1.807) is 12.1 Å². The summed E-state index contributed by atoms with van der Waals surface area (Å²) in [5.74, 6) is 0.688. The first kappa shape index (κ1) is 14.3. The third-order valence-corrected chi connectivity index (χ3v) is 2.66. The van der Waals surface area contributed by atoms with Crippen molar-refractivity contribution in [1.82, 2.24) is 5.32 Å². The molecular weight excluding hydrogens is 242 g/mol. The highest BCUT2D eigenvalue weighted by Gasteiger charge is 2.05. The normalized spacial score (nSPS) is 12.5. The van der Waals surface area contributed by atoms with Crippen LogP contribution >= 0.6 is 11.6 Å². The van der Waals surface area contributed by atoms with Gasteiger partial charge in [0.1, 0.15) is 18.5 Å². The van der Waals surface area contributed by atoms with Crippen LogP contribution in [-0.2, 0) is 0 Å². The Morgan fingerprint density at radius 1 is 1.47 bits per heavy atom. The Kier molecular flexibility index (Phi) is 6.29. The molecule has 0 spiro atoms. The number of halogens is 1. The minimum atomic E-state index is -0.600. The fraction of sp³-hybridized carbons (Fsp3) is 0.500. The molecule has 17 heavy (non-hydrogen) atoms. The molecule has 5 heteroatoms. The largest absolute Gasteiger partial charge is 0.491 e. The van der Waals surface area contributed by atoms with Crippen LogP contribution in [0.4, 0.5) is 0 Å². The summed E-state index contributed by atoms with van der Waals surface area (Å²) < 4.78 is 5.42. The molecule has 0 fully saturated rings. The van der Waals surface area contributed by atoms with E-state index in [1.807, 2.05) is 13.0 Å². The molecule has 1 rings (SSSR count). The van der Waals surface area contributed by atoms with Gasteiger partial charge in [-0.05, 0) is 30.7 Å². The van der Waals surface area contributed by atoms with Crippen molar-refractivity contribution >= 4 is 11.6 Å². The molecule has 0 amide bonds. The van der Waals surface area contributed by atoms with Gasteiger partial charge in [0.05, 0.1) is 6.61 Å². The number of ether oxygens (including phenoxy) is 1. The van der Waals surface area contributed by atoms with Crippen molar-refractivity contribution in [1.29, 1.82) is 0 Å². The van der Waals surface area contributed by atoms with E-state index in [0.29, 0.717) is 23.9 Å². The predicted octanol–water partition coefficient (Wildman–Crippen LogP) is 0.970. The molecule has 1 aromatic carbocycles. The van der Waals surface area contributed by atoms with Gasteiger partial charge in [-0.1, -0.05) is 11.6 Å². The minimum absolute atomic E-state index is 0.0595. The summed E-state index contributed by atoms with van der Waals surface area (Å²) in [6.45, 7) is 3.03. The van der Waals surface area contributed by atoms with Crippen LogP contribution in [0.1, 0.15) is 5.56 Å². The second-order valence-electron chi connectivity index (χ2n) is 3.80. The van der Waals surface area contributed by atoms with Crippen molar-refractivity contribution in [2.24, 2.45) is 0 Å². The summed E-state index contributed by atoms with van der Waals surface area (Å²) in [6, 6.07) is 5.36. The first-order valence-corrected chi connectivity index (χ1v) is 5.90. The lowest BCUT2D eigenvalue weighted by Crippen LogP contribution is -2.32. The molecule has 0 heterocycles. The van der Waals surface area contributed by atoms with Crippen molar-refractivity contribution in [2.75, 3.05) is 26.3 Å². The zero-order valence-electron chi connectivity index (χ0n) is 9.82. The van der Waals surface area contributed by atoms with Crippen molar-refractivity contribution in [3.8, 4) is 5.75 Å². The Bertz CT molecular complexity index is 347. The van der Waals surface area contributed by atoms with Crippen LogP contribution in [0.5, 0.6) is 5.75 Å². The van der Waals surface area contributed by atoms with Crippen LogP contribution < -0.4 is 10.1 Å². The lowest BCUT2D eigenvalue weighted by atomic mass is 10.2. The maximum Gasteiger partial charge on any atom is 0.119 e. The van der Waals surface area contributed by atoms with Gasteiger partial charge in [0, 0.05) is 18.1 Å². The lowest BCUT2D eigenvalue weighted by Gasteiger charge is -2.13. The van der Waals surface area contributed by atoms with Crippen LogP contribution in [-0.4, -0.2) is 42.6 Å². The van der Waals surface area contributed by atoms with E-state index >= 15 is 0 Å². The molecule has 1 aromatic rings. The number of aliphatic hydroxyl groups excluding tert-OH is 2. The lowest BCUT2D eigenvalue weighted by molar-refractivity contribution is 0.105. The third-order valence-electron chi connectivity index (χ3n) is 2.24. The van der Waals surface area contributed by atoms with Crippen LogP contribution in [0.15, 0.2) is 18.2 Å². The van der Waals surface area contributed by atoms with Gasteiger partial charge in [0.25, 0.3) is 0 Å². The van der Waals surface area contributed by atoms with E-state index in [0.717, 1.165) is 5.56 Å². The quantitative estimate of drug-likeness (QED) is 0.639. The maximum atomic E-state index is 9.57. The molecule has 0 unspecified atom stereocenters. The van der Waals surface area contributed by atoms with E-state index in [1.165, 1.54) is 0 Å². The number of nitrogens with one attached hydrogen (secondary N) is 1. The second-order valence-corrected chi connectivity index (χ2v) is 4.21. The highest BCUT2D eigenvalue weighted by atomic mass is 35.5. The number of hydrogen-bond donors (Lipinski definition) is 3. The van der Waals surface area contributed by atoms with Crippen LogP contribution in [0.2, 0.25) is 5.02 Å². The zero-order valence-corrected chi connectivity index (χ0v) is 10.6. The van der Waals surface area contributed by atoms with E-state index in [4.69, 9.17) is 21.4 Å². The molecule has 0 aliphatic carbocycles. The Labute approximate surface area is 106 Å². The molecule has 0 saturated carbocycles. The molecule has 0 aliphatic heterocycles. The Hall–Kier alpha value is -0.810. The molecule has 0 bridgehead atoms. The standard InChI is InChI=1S/C12H18ClNO3/c1-9-6-11(2-3-12(9)13)17-8-10(16)7-14-4-5-15/h2-3,6,10,14-16H,4-5,7-8H2,1H3/t10-/m0/s1. The van der Waals surface area contributed by atoms with E-state index < -0.39 is 6.10 Å². The molecule has 0 radical (unpaired) electrons. The third kappa shape index (κ3) is 5.37. The minimum Gasteiger partial charge on any atom is -0.491 e. The topological polar surface area (TPSA) is 61.7 Å². The summed E-state index contributed by atoms with van der Waals surface area (Å²) in [4.78, 5) is 0. The highest BCUT2D eigenvalue weighted by molar-refractivity contribution is 6.31. The average molecular weight is 260 g/mol. The summed E-state index contributed by atoms with van der Waals surface area (Å²) in [6.07, 6.45) is -0.600. The van der Waals surface area contributed by atoms with E-state index in [9.17, 15) is 5.11 Å². The highest BCUT2D eigenvalue weighted by Crippen LogP contribution is 2.20. The molecule has 0 aliphatic rings. The van der Waals surface area contributed by atoms with E-state index in [-0.39, 0.29) is 13.2 Å². The number of rotatable bonds is 7. The van der Waals surface area contributed by atoms with E-state index in [2.05, 4.69) is 5.32 Å². The second kappa shape index (κ2) is 7.50. The Balaban J connectivity index is 2.31. The van der Waals surface area contributed by atoms with Crippen LogP contribution in [0, 0.1) is 6.92 Å². The fourth-order valence-electron chi connectivity index (χ4n) is 1.31. The number of aliphatic hydroxyl groups is 2. The van der Waals surface area contributed by atoms with Gasteiger partial charge in [-0.3, -0.25) is 0 Å². The zero-order chi connectivity index (χ0) is 12.7. The van der Waals surface area contributed by atoms with Crippen molar-refractivity contribution < 1.29 is 14.9 Å². The Morgan fingerprint density at radius 2 is 2.24 bits per heavy atom. The summed E-state index contributed by atoms with van der Waals surface area (Å²) in [5.41, 5.74) is 0.942. The maximum absolute atomic E-state index is 9.57. The number of benzene rings is 1. The molecule has 1 atom stereocenters. The molecule has 0 aromatic heterocycles. The SMILES string of the molecule is Cc1cc(OC[C@@H](O)CNCCO)ccc1Cl. The monoisotopic (exact) mass is 259 g/mol.